The maximum absolute atomic E-state index is 12.8. The largest absolute Gasteiger partial charge is 0.493 e. The third kappa shape index (κ3) is 5.34. The van der Waals surface area contributed by atoms with Crippen molar-refractivity contribution in [1.29, 1.82) is 0 Å². The summed E-state index contributed by atoms with van der Waals surface area (Å²) in [4.78, 5) is 38.4. The Morgan fingerprint density at radius 1 is 1.11 bits per heavy atom. The molecule has 1 atom stereocenters. The molecule has 1 fully saturated rings. The Morgan fingerprint density at radius 3 is 2.58 bits per heavy atom. The summed E-state index contributed by atoms with van der Waals surface area (Å²) in [6, 6.07) is 16.4. The van der Waals surface area contributed by atoms with Crippen LogP contribution in [0.25, 0.3) is 16.8 Å². The zero-order valence-corrected chi connectivity index (χ0v) is 21.5. The number of esters is 1. The Bertz CT molecular complexity index is 1370. The molecule has 2 amide bonds. The lowest BCUT2D eigenvalue weighted by Gasteiger charge is -2.19. The number of nitrogens with zero attached hydrogens (tertiary/aromatic N) is 1. The van der Waals surface area contributed by atoms with Crippen LogP contribution in [0.1, 0.15) is 25.0 Å². The molecule has 7 nitrogen and oxygen atoms in total. The number of hydrogen-bond donors (Lipinski definition) is 0. The van der Waals surface area contributed by atoms with Crippen LogP contribution in [-0.4, -0.2) is 41.8 Å². The van der Waals surface area contributed by atoms with Gasteiger partial charge in [-0.3, -0.25) is 14.5 Å². The molecule has 0 aromatic heterocycles. The van der Waals surface area contributed by atoms with Crippen LogP contribution in [0.2, 0.25) is 5.02 Å². The fraction of sp³-hybridized carbons (Fsp3) is 0.222. The molecule has 0 spiro atoms. The van der Waals surface area contributed by atoms with E-state index in [1.807, 2.05) is 36.4 Å². The number of rotatable bonds is 8. The fourth-order valence-electron chi connectivity index (χ4n) is 3.78. The summed E-state index contributed by atoms with van der Waals surface area (Å²) >= 11 is 7.26. The fourth-order valence-corrected chi connectivity index (χ4v) is 4.96. The van der Waals surface area contributed by atoms with Gasteiger partial charge in [0.05, 0.1) is 23.6 Å². The Hall–Kier alpha value is -3.49. The molecule has 0 N–H and O–H groups in total. The van der Waals surface area contributed by atoms with Gasteiger partial charge in [0.15, 0.2) is 11.5 Å². The summed E-state index contributed by atoms with van der Waals surface area (Å²) in [5, 5.41) is 2.00. The molecule has 3 aromatic carbocycles. The topological polar surface area (TPSA) is 82.1 Å². The standard InChI is InChI=1S/C27H24ClNO6S/c1-4-34-26(31)16(2)29-25(30)23(36-27(29)32)14-18-12-21(28)24(22(13-18)33-3)35-15-17-9-10-19-7-5-6-8-20(19)11-17/h5-14,16H,4,15H2,1-3H3/b23-14+/t16-/m0/s1. The Morgan fingerprint density at radius 2 is 1.86 bits per heavy atom. The Labute approximate surface area is 218 Å². The summed E-state index contributed by atoms with van der Waals surface area (Å²) in [5.74, 6) is -0.460. The molecule has 186 valence electrons. The molecule has 4 rings (SSSR count). The van der Waals surface area contributed by atoms with Crippen molar-refractivity contribution < 1.29 is 28.6 Å². The van der Waals surface area contributed by atoms with Crippen LogP contribution in [-0.2, 0) is 20.9 Å². The van der Waals surface area contributed by atoms with Crippen LogP contribution in [0.15, 0.2) is 59.5 Å². The van der Waals surface area contributed by atoms with Crippen LogP contribution in [0, 0.1) is 0 Å². The Balaban J connectivity index is 1.54. The van der Waals surface area contributed by atoms with Crippen molar-refractivity contribution in [3.8, 4) is 11.5 Å². The normalized spacial score (nSPS) is 15.4. The number of hydrogen-bond acceptors (Lipinski definition) is 7. The molecule has 1 saturated heterocycles. The number of imide groups is 1. The number of carbonyl (C=O) groups excluding carboxylic acids is 3. The van der Waals surface area contributed by atoms with Crippen LogP contribution in [0.4, 0.5) is 4.79 Å². The minimum Gasteiger partial charge on any atom is -0.493 e. The van der Waals surface area contributed by atoms with Crippen molar-refractivity contribution >= 4 is 57.3 Å². The number of halogens is 1. The van der Waals surface area contributed by atoms with Crippen molar-refractivity contribution in [2.75, 3.05) is 13.7 Å². The number of thioether (sulfide) groups is 1. The van der Waals surface area contributed by atoms with E-state index < -0.39 is 23.2 Å². The first kappa shape index (κ1) is 25.6. The second kappa shape index (κ2) is 11.1. The summed E-state index contributed by atoms with van der Waals surface area (Å²) in [6.07, 6.45) is 1.53. The lowest BCUT2D eigenvalue weighted by atomic mass is 10.1. The number of methoxy groups -OCH3 is 1. The SMILES string of the molecule is CCOC(=O)[C@H](C)N1C(=O)S/C(=C/c2cc(Cl)c(OCc3ccc4ccccc4c3)c(OC)c2)C1=O. The molecule has 9 heteroatoms. The second-order valence-corrected chi connectivity index (χ2v) is 9.38. The number of ether oxygens (including phenoxy) is 3. The van der Waals surface area contributed by atoms with Crippen LogP contribution >= 0.6 is 23.4 Å². The molecule has 1 aliphatic heterocycles. The summed E-state index contributed by atoms with van der Waals surface area (Å²) in [6.45, 7) is 3.55. The van der Waals surface area contributed by atoms with Gasteiger partial charge < -0.3 is 14.2 Å². The van der Waals surface area contributed by atoms with Gasteiger partial charge in [-0.05, 0) is 71.8 Å². The van der Waals surface area contributed by atoms with E-state index in [2.05, 4.69) is 6.07 Å². The van der Waals surface area contributed by atoms with E-state index in [4.69, 9.17) is 25.8 Å². The minimum atomic E-state index is -1.02. The first-order chi connectivity index (χ1) is 17.3. The lowest BCUT2D eigenvalue weighted by molar-refractivity contribution is -0.150. The van der Waals surface area contributed by atoms with E-state index in [-0.39, 0.29) is 18.1 Å². The predicted octanol–water partition coefficient (Wildman–Crippen LogP) is 6.07. The van der Waals surface area contributed by atoms with E-state index in [1.165, 1.54) is 20.1 Å². The number of benzene rings is 3. The van der Waals surface area contributed by atoms with Crippen LogP contribution in [0.3, 0.4) is 0 Å². The van der Waals surface area contributed by atoms with E-state index in [1.54, 1.807) is 19.1 Å². The summed E-state index contributed by atoms with van der Waals surface area (Å²) < 4.78 is 16.4. The van der Waals surface area contributed by atoms with Gasteiger partial charge in [-0.15, -0.1) is 0 Å². The molecule has 0 radical (unpaired) electrons. The van der Waals surface area contributed by atoms with Gasteiger partial charge in [0.1, 0.15) is 12.6 Å². The molecule has 1 heterocycles. The molecular weight excluding hydrogens is 502 g/mol. The van der Waals surface area contributed by atoms with Crippen LogP contribution < -0.4 is 9.47 Å². The number of carbonyl (C=O) groups is 3. The zero-order valence-electron chi connectivity index (χ0n) is 19.9. The molecule has 0 unspecified atom stereocenters. The number of amides is 2. The molecule has 3 aromatic rings. The van der Waals surface area contributed by atoms with Gasteiger partial charge in [0.25, 0.3) is 11.1 Å². The first-order valence-electron chi connectivity index (χ1n) is 11.2. The molecule has 0 saturated carbocycles. The van der Waals surface area contributed by atoms with E-state index in [9.17, 15) is 14.4 Å². The van der Waals surface area contributed by atoms with Crippen molar-refractivity contribution in [3.63, 3.8) is 0 Å². The van der Waals surface area contributed by atoms with Gasteiger partial charge in [-0.25, -0.2) is 4.79 Å². The lowest BCUT2D eigenvalue weighted by Crippen LogP contribution is -2.42. The van der Waals surface area contributed by atoms with E-state index >= 15 is 0 Å². The van der Waals surface area contributed by atoms with Crippen LogP contribution in [0.5, 0.6) is 11.5 Å². The smallest absolute Gasteiger partial charge is 0.329 e. The van der Waals surface area contributed by atoms with Gasteiger partial charge >= 0.3 is 5.97 Å². The van der Waals surface area contributed by atoms with E-state index in [0.717, 1.165) is 33.0 Å². The quantitative estimate of drug-likeness (QED) is 0.261. The van der Waals surface area contributed by atoms with Crippen molar-refractivity contribution in [3.05, 3.63) is 75.7 Å². The maximum atomic E-state index is 12.8. The minimum absolute atomic E-state index is 0.156. The Kier molecular flexibility index (Phi) is 7.86. The third-order valence-electron chi connectivity index (χ3n) is 5.59. The highest BCUT2D eigenvalue weighted by Crippen LogP contribution is 2.39. The monoisotopic (exact) mass is 525 g/mol. The predicted molar refractivity (Wildman–Crippen MR) is 140 cm³/mol. The number of fused-ring (bicyclic) bond motifs is 1. The van der Waals surface area contributed by atoms with Gasteiger partial charge in [-0.2, -0.15) is 0 Å². The first-order valence-corrected chi connectivity index (χ1v) is 12.4. The average Bonchev–Trinajstić information content (AvgIpc) is 3.14. The highest BCUT2D eigenvalue weighted by molar-refractivity contribution is 8.18. The molecule has 1 aliphatic rings. The third-order valence-corrected chi connectivity index (χ3v) is 6.75. The zero-order chi connectivity index (χ0) is 25.8. The molecular formula is C27H24ClNO6S. The van der Waals surface area contributed by atoms with Gasteiger partial charge in [0, 0.05) is 0 Å². The second-order valence-electron chi connectivity index (χ2n) is 7.98. The highest BCUT2D eigenvalue weighted by Gasteiger charge is 2.41. The summed E-state index contributed by atoms with van der Waals surface area (Å²) in [7, 11) is 1.49. The van der Waals surface area contributed by atoms with Crippen molar-refractivity contribution in [2.24, 2.45) is 0 Å². The van der Waals surface area contributed by atoms with Crippen molar-refractivity contribution in [1.82, 2.24) is 4.90 Å². The summed E-state index contributed by atoms with van der Waals surface area (Å²) in [5.41, 5.74) is 1.52. The van der Waals surface area contributed by atoms with Gasteiger partial charge in [0.2, 0.25) is 0 Å². The van der Waals surface area contributed by atoms with Gasteiger partial charge in [-0.1, -0.05) is 48.0 Å². The molecule has 36 heavy (non-hydrogen) atoms. The molecule has 0 bridgehead atoms. The van der Waals surface area contributed by atoms with E-state index in [0.29, 0.717) is 22.1 Å². The maximum Gasteiger partial charge on any atom is 0.329 e. The van der Waals surface area contributed by atoms with Crippen molar-refractivity contribution in [2.45, 2.75) is 26.5 Å². The molecule has 0 aliphatic carbocycles. The highest BCUT2D eigenvalue weighted by atomic mass is 35.5. The average molecular weight is 526 g/mol.